The van der Waals surface area contributed by atoms with E-state index >= 15 is 0 Å². The lowest BCUT2D eigenvalue weighted by atomic mass is 10.0. The molecule has 0 aliphatic carbocycles. The van der Waals surface area contributed by atoms with Crippen LogP contribution in [0.2, 0.25) is 0 Å². The molecule has 0 radical (unpaired) electrons. The van der Waals surface area contributed by atoms with Gasteiger partial charge in [0.2, 0.25) is 0 Å². The molecule has 5 heteroatoms. The predicted octanol–water partition coefficient (Wildman–Crippen LogP) is 5.31. The van der Waals surface area contributed by atoms with Gasteiger partial charge in [0.1, 0.15) is 5.82 Å². The number of anilines is 2. The molecule has 1 amide bonds. The quantitative estimate of drug-likeness (QED) is 0.466. The van der Waals surface area contributed by atoms with Gasteiger partial charge in [-0.25, -0.2) is 4.39 Å². The highest BCUT2D eigenvalue weighted by Gasteiger charge is 2.18. The van der Waals surface area contributed by atoms with E-state index in [1.54, 1.807) is 12.1 Å². The number of halogens is 1. The SMILES string of the molecule is O=C(Nc1cc(-c2ccc(F)cc2)ccc1N1CCNCC1)c1cccc2ccccc12. The third-order valence-electron chi connectivity index (χ3n) is 5.91. The molecule has 1 aliphatic rings. The highest BCUT2D eigenvalue weighted by atomic mass is 19.1. The van der Waals surface area contributed by atoms with E-state index in [9.17, 15) is 9.18 Å². The number of carbonyl (C=O) groups is 1. The van der Waals surface area contributed by atoms with Crippen molar-refractivity contribution in [3.05, 3.63) is 96.3 Å². The van der Waals surface area contributed by atoms with E-state index in [0.717, 1.165) is 59.5 Å². The summed E-state index contributed by atoms with van der Waals surface area (Å²) in [6, 6.07) is 26.1. The van der Waals surface area contributed by atoms with E-state index in [2.05, 4.69) is 15.5 Å². The Bertz CT molecular complexity index is 1260. The van der Waals surface area contributed by atoms with Crippen LogP contribution in [-0.2, 0) is 0 Å². The first-order valence-electron chi connectivity index (χ1n) is 10.8. The van der Waals surface area contributed by atoms with Crippen molar-refractivity contribution >= 4 is 28.1 Å². The smallest absolute Gasteiger partial charge is 0.256 e. The summed E-state index contributed by atoms with van der Waals surface area (Å²) in [6.45, 7) is 3.53. The molecule has 4 aromatic carbocycles. The second-order valence-corrected chi connectivity index (χ2v) is 7.96. The third-order valence-corrected chi connectivity index (χ3v) is 5.91. The summed E-state index contributed by atoms with van der Waals surface area (Å²) in [5, 5.41) is 8.48. The van der Waals surface area contributed by atoms with E-state index in [1.807, 2.05) is 60.7 Å². The number of piperazine rings is 1. The van der Waals surface area contributed by atoms with Crippen molar-refractivity contribution in [2.24, 2.45) is 0 Å². The van der Waals surface area contributed by atoms with Crippen molar-refractivity contribution in [1.29, 1.82) is 0 Å². The molecule has 1 fully saturated rings. The molecule has 0 bridgehead atoms. The minimum absolute atomic E-state index is 0.144. The fourth-order valence-electron chi connectivity index (χ4n) is 4.25. The zero-order chi connectivity index (χ0) is 21.9. The van der Waals surface area contributed by atoms with E-state index in [-0.39, 0.29) is 11.7 Å². The molecule has 1 saturated heterocycles. The number of hydrogen-bond donors (Lipinski definition) is 2. The number of benzene rings is 4. The summed E-state index contributed by atoms with van der Waals surface area (Å²) < 4.78 is 13.4. The number of amides is 1. The van der Waals surface area contributed by atoms with Gasteiger partial charge in [0.05, 0.1) is 11.4 Å². The Morgan fingerprint density at radius 3 is 2.38 bits per heavy atom. The Hall–Kier alpha value is -3.70. The largest absolute Gasteiger partial charge is 0.367 e. The van der Waals surface area contributed by atoms with Crippen LogP contribution in [0.1, 0.15) is 10.4 Å². The molecule has 0 saturated carbocycles. The Balaban J connectivity index is 1.54. The van der Waals surface area contributed by atoms with Gasteiger partial charge in [-0.1, -0.05) is 54.6 Å². The van der Waals surface area contributed by atoms with Gasteiger partial charge < -0.3 is 15.5 Å². The molecule has 32 heavy (non-hydrogen) atoms. The van der Waals surface area contributed by atoms with Crippen molar-refractivity contribution in [1.82, 2.24) is 5.32 Å². The first-order valence-corrected chi connectivity index (χ1v) is 10.8. The van der Waals surface area contributed by atoms with Gasteiger partial charge in [0.25, 0.3) is 5.91 Å². The lowest BCUT2D eigenvalue weighted by Crippen LogP contribution is -2.43. The predicted molar refractivity (Wildman–Crippen MR) is 129 cm³/mol. The number of nitrogens with one attached hydrogen (secondary N) is 2. The highest BCUT2D eigenvalue weighted by Crippen LogP contribution is 2.33. The van der Waals surface area contributed by atoms with Crippen molar-refractivity contribution in [2.75, 3.05) is 36.4 Å². The topological polar surface area (TPSA) is 44.4 Å². The maximum atomic E-state index is 13.4. The number of nitrogens with zero attached hydrogens (tertiary/aromatic N) is 1. The Labute approximate surface area is 186 Å². The molecular weight excluding hydrogens is 401 g/mol. The second-order valence-electron chi connectivity index (χ2n) is 7.96. The van der Waals surface area contributed by atoms with Gasteiger partial charge in [0, 0.05) is 31.7 Å². The van der Waals surface area contributed by atoms with Crippen LogP contribution in [0.5, 0.6) is 0 Å². The van der Waals surface area contributed by atoms with Gasteiger partial charge >= 0.3 is 0 Å². The fraction of sp³-hybridized carbons (Fsp3) is 0.148. The zero-order valence-corrected chi connectivity index (χ0v) is 17.6. The van der Waals surface area contributed by atoms with Crippen LogP contribution in [0.25, 0.3) is 21.9 Å². The van der Waals surface area contributed by atoms with Crippen molar-refractivity contribution < 1.29 is 9.18 Å². The van der Waals surface area contributed by atoms with Gasteiger partial charge in [-0.2, -0.15) is 0 Å². The number of carbonyl (C=O) groups excluding carboxylic acids is 1. The number of hydrogen-bond acceptors (Lipinski definition) is 3. The van der Waals surface area contributed by atoms with Crippen molar-refractivity contribution in [2.45, 2.75) is 0 Å². The van der Waals surface area contributed by atoms with Crippen molar-refractivity contribution in [3.63, 3.8) is 0 Å². The normalized spacial score (nSPS) is 13.8. The molecule has 0 atom stereocenters. The zero-order valence-electron chi connectivity index (χ0n) is 17.6. The lowest BCUT2D eigenvalue weighted by Gasteiger charge is -2.31. The molecule has 160 valence electrons. The number of fused-ring (bicyclic) bond motifs is 1. The molecule has 1 heterocycles. The summed E-state index contributed by atoms with van der Waals surface area (Å²) in [5.41, 5.74) is 4.22. The standard InChI is InChI=1S/C27H24FN3O/c28-22-11-8-19(9-12-22)21-10-13-26(31-16-14-29-15-17-31)25(18-21)30-27(32)24-7-3-5-20-4-1-2-6-23(20)24/h1-13,18,29H,14-17H2,(H,30,32). The van der Waals surface area contributed by atoms with Crippen LogP contribution >= 0.6 is 0 Å². The molecule has 1 aliphatic heterocycles. The molecule has 0 spiro atoms. The first kappa shape index (κ1) is 20.2. The highest BCUT2D eigenvalue weighted by molar-refractivity contribution is 6.14. The summed E-state index contributed by atoms with van der Waals surface area (Å²) in [4.78, 5) is 15.6. The average Bonchev–Trinajstić information content (AvgIpc) is 2.84. The summed E-state index contributed by atoms with van der Waals surface area (Å²) in [7, 11) is 0. The van der Waals surface area contributed by atoms with Crippen LogP contribution < -0.4 is 15.5 Å². The van der Waals surface area contributed by atoms with Gasteiger partial charge in [-0.05, 0) is 52.2 Å². The third kappa shape index (κ3) is 4.07. The molecular formula is C27H24FN3O. The Morgan fingerprint density at radius 1 is 0.844 bits per heavy atom. The van der Waals surface area contributed by atoms with Crippen LogP contribution in [0.4, 0.5) is 15.8 Å². The molecule has 5 rings (SSSR count). The molecule has 0 aromatic heterocycles. The van der Waals surface area contributed by atoms with Crippen LogP contribution in [0, 0.1) is 5.82 Å². The van der Waals surface area contributed by atoms with Gasteiger partial charge in [-0.15, -0.1) is 0 Å². The summed E-state index contributed by atoms with van der Waals surface area (Å²) in [5.74, 6) is -0.412. The maximum absolute atomic E-state index is 13.4. The molecule has 4 nitrogen and oxygen atoms in total. The van der Waals surface area contributed by atoms with Crippen LogP contribution in [-0.4, -0.2) is 32.1 Å². The molecule has 4 aromatic rings. The van der Waals surface area contributed by atoms with Gasteiger partial charge in [0.15, 0.2) is 0 Å². The second kappa shape index (κ2) is 8.81. The Kier molecular flexibility index (Phi) is 5.57. The monoisotopic (exact) mass is 425 g/mol. The average molecular weight is 426 g/mol. The van der Waals surface area contributed by atoms with Crippen molar-refractivity contribution in [3.8, 4) is 11.1 Å². The van der Waals surface area contributed by atoms with E-state index < -0.39 is 0 Å². The van der Waals surface area contributed by atoms with E-state index in [4.69, 9.17) is 0 Å². The first-order chi connectivity index (χ1) is 15.7. The fourth-order valence-corrected chi connectivity index (χ4v) is 4.25. The maximum Gasteiger partial charge on any atom is 0.256 e. The molecule has 0 unspecified atom stereocenters. The summed E-state index contributed by atoms with van der Waals surface area (Å²) in [6.07, 6.45) is 0. The van der Waals surface area contributed by atoms with Gasteiger partial charge in [-0.3, -0.25) is 4.79 Å². The Morgan fingerprint density at radius 2 is 1.56 bits per heavy atom. The summed E-state index contributed by atoms with van der Waals surface area (Å²) >= 11 is 0. The lowest BCUT2D eigenvalue weighted by molar-refractivity contribution is 0.102. The van der Waals surface area contributed by atoms with E-state index in [1.165, 1.54) is 12.1 Å². The minimum atomic E-state index is -0.268. The van der Waals surface area contributed by atoms with Crippen LogP contribution in [0.15, 0.2) is 84.9 Å². The van der Waals surface area contributed by atoms with Crippen LogP contribution in [0.3, 0.4) is 0 Å². The minimum Gasteiger partial charge on any atom is -0.367 e. The molecule has 2 N–H and O–H groups in total. The number of rotatable bonds is 4. The van der Waals surface area contributed by atoms with E-state index in [0.29, 0.717) is 5.56 Å².